The lowest BCUT2D eigenvalue weighted by molar-refractivity contribution is -0.124. The van der Waals surface area contributed by atoms with Crippen molar-refractivity contribution in [1.29, 1.82) is 0 Å². The van der Waals surface area contributed by atoms with Crippen molar-refractivity contribution < 1.29 is 4.79 Å². The molecule has 0 spiro atoms. The zero-order valence-electron chi connectivity index (χ0n) is 8.53. The second kappa shape index (κ2) is 2.84. The Morgan fingerprint density at radius 3 is 2.33 bits per heavy atom. The first-order valence-electron chi connectivity index (χ1n) is 4.68. The molecule has 2 nitrogen and oxygen atoms in total. The van der Waals surface area contributed by atoms with Crippen molar-refractivity contribution in [1.82, 2.24) is 5.32 Å². The largest absolute Gasteiger partial charge is 0.306 e. The van der Waals surface area contributed by atoms with Gasteiger partial charge in [0.05, 0.1) is 0 Å². The molecule has 0 aromatic carbocycles. The summed E-state index contributed by atoms with van der Waals surface area (Å²) in [4.78, 5) is 11.4. The summed E-state index contributed by atoms with van der Waals surface area (Å²) in [6, 6.07) is 0. The lowest BCUT2D eigenvalue weighted by Gasteiger charge is -2.43. The molecule has 2 heteroatoms. The lowest BCUT2D eigenvalue weighted by Crippen LogP contribution is -2.59. The molecule has 0 radical (unpaired) electrons. The molecule has 0 saturated carbocycles. The topological polar surface area (TPSA) is 29.1 Å². The standard InChI is InChI=1S/C10H19NO/c1-5-10(4)7-8(12)6-9(2,3)11-10/h11H,5-7H2,1-4H3/t10-/m0/s1. The summed E-state index contributed by atoms with van der Waals surface area (Å²) in [7, 11) is 0. The van der Waals surface area contributed by atoms with Crippen LogP contribution >= 0.6 is 0 Å². The van der Waals surface area contributed by atoms with E-state index in [1.165, 1.54) is 0 Å². The Hall–Kier alpha value is -0.370. The molecule has 1 heterocycles. The molecular formula is C10H19NO. The van der Waals surface area contributed by atoms with Crippen LogP contribution in [0.25, 0.3) is 0 Å². The number of hydrogen-bond donors (Lipinski definition) is 1. The fourth-order valence-electron chi connectivity index (χ4n) is 2.11. The third-order valence-electron chi connectivity index (χ3n) is 2.65. The summed E-state index contributed by atoms with van der Waals surface area (Å²) in [5.74, 6) is 0.392. The molecular weight excluding hydrogens is 150 g/mol. The van der Waals surface area contributed by atoms with Gasteiger partial charge in [0.15, 0.2) is 0 Å². The van der Waals surface area contributed by atoms with E-state index in [-0.39, 0.29) is 11.1 Å². The second-order valence-electron chi connectivity index (χ2n) is 4.82. The van der Waals surface area contributed by atoms with Crippen LogP contribution in [-0.2, 0) is 4.79 Å². The Labute approximate surface area is 74.7 Å². The number of ketones is 1. The van der Waals surface area contributed by atoms with Crippen LogP contribution in [0.4, 0.5) is 0 Å². The van der Waals surface area contributed by atoms with E-state index in [0.29, 0.717) is 18.6 Å². The summed E-state index contributed by atoms with van der Waals surface area (Å²) in [6.07, 6.45) is 2.37. The molecule has 0 aromatic heterocycles. The van der Waals surface area contributed by atoms with Gasteiger partial charge in [-0.3, -0.25) is 4.79 Å². The SMILES string of the molecule is CC[C@@]1(C)CC(=O)CC(C)(C)N1. The zero-order valence-corrected chi connectivity index (χ0v) is 8.53. The average Bonchev–Trinajstić information content (AvgIpc) is 1.82. The lowest BCUT2D eigenvalue weighted by atomic mass is 9.79. The third-order valence-corrected chi connectivity index (χ3v) is 2.65. The predicted molar refractivity (Wildman–Crippen MR) is 50.2 cm³/mol. The van der Waals surface area contributed by atoms with Crippen molar-refractivity contribution in [2.45, 2.75) is 58.0 Å². The van der Waals surface area contributed by atoms with Gasteiger partial charge in [-0.05, 0) is 27.2 Å². The highest BCUT2D eigenvalue weighted by Gasteiger charge is 2.38. The molecule has 0 aliphatic carbocycles. The van der Waals surface area contributed by atoms with E-state index >= 15 is 0 Å². The number of Topliss-reactive ketones (excluding diaryl/α,β-unsaturated/α-hetero) is 1. The highest BCUT2D eigenvalue weighted by Crippen LogP contribution is 2.27. The van der Waals surface area contributed by atoms with Crippen LogP contribution in [0, 0.1) is 0 Å². The fourth-order valence-corrected chi connectivity index (χ4v) is 2.11. The van der Waals surface area contributed by atoms with Gasteiger partial charge in [0.2, 0.25) is 0 Å². The first-order chi connectivity index (χ1) is 5.37. The first kappa shape index (κ1) is 9.72. The molecule has 1 rings (SSSR count). The summed E-state index contributed by atoms with van der Waals surface area (Å²) in [5, 5.41) is 3.53. The number of piperidine rings is 1. The van der Waals surface area contributed by atoms with E-state index in [1.54, 1.807) is 0 Å². The van der Waals surface area contributed by atoms with Gasteiger partial charge in [0.25, 0.3) is 0 Å². The highest BCUT2D eigenvalue weighted by atomic mass is 16.1. The number of rotatable bonds is 1. The quantitative estimate of drug-likeness (QED) is 0.649. The van der Waals surface area contributed by atoms with Crippen LogP contribution < -0.4 is 5.32 Å². The molecule has 0 amide bonds. The molecule has 1 aliphatic heterocycles. The third kappa shape index (κ3) is 2.07. The van der Waals surface area contributed by atoms with Gasteiger partial charge in [0.1, 0.15) is 5.78 Å². The average molecular weight is 169 g/mol. The maximum atomic E-state index is 11.4. The Kier molecular flexibility index (Phi) is 2.30. The monoisotopic (exact) mass is 169 g/mol. The maximum absolute atomic E-state index is 11.4. The molecule has 0 aromatic rings. The molecule has 1 aliphatic rings. The van der Waals surface area contributed by atoms with Crippen molar-refractivity contribution in [3.05, 3.63) is 0 Å². The van der Waals surface area contributed by atoms with E-state index in [4.69, 9.17) is 0 Å². The zero-order chi connectivity index (χ0) is 9.41. The Morgan fingerprint density at radius 2 is 1.92 bits per heavy atom. The van der Waals surface area contributed by atoms with E-state index in [0.717, 1.165) is 6.42 Å². The number of carbonyl (C=O) groups excluding carboxylic acids is 1. The minimum atomic E-state index is -0.0138. The van der Waals surface area contributed by atoms with Gasteiger partial charge >= 0.3 is 0 Å². The van der Waals surface area contributed by atoms with Gasteiger partial charge < -0.3 is 5.32 Å². The highest BCUT2D eigenvalue weighted by molar-refractivity contribution is 5.81. The molecule has 70 valence electrons. The van der Waals surface area contributed by atoms with Gasteiger partial charge in [-0.25, -0.2) is 0 Å². The van der Waals surface area contributed by atoms with Crippen LogP contribution in [0.15, 0.2) is 0 Å². The molecule has 1 fully saturated rings. The molecule has 0 bridgehead atoms. The first-order valence-corrected chi connectivity index (χ1v) is 4.68. The van der Waals surface area contributed by atoms with Crippen LogP contribution in [0.3, 0.4) is 0 Å². The minimum Gasteiger partial charge on any atom is -0.306 e. The van der Waals surface area contributed by atoms with Crippen LogP contribution in [0.5, 0.6) is 0 Å². The van der Waals surface area contributed by atoms with Crippen LogP contribution in [0.2, 0.25) is 0 Å². The van der Waals surface area contributed by atoms with Gasteiger partial charge in [0, 0.05) is 23.9 Å². The van der Waals surface area contributed by atoms with Gasteiger partial charge in [-0.15, -0.1) is 0 Å². The molecule has 1 N–H and O–H groups in total. The smallest absolute Gasteiger partial charge is 0.136 e. The van der Waals surface area contributed by atoms with Crippen molar-refractivity contribution >= 4 is 5.78 Å². The van der Waals surface area contributed by atoms with Gasteiger partial charge in [-0.1, -0.05) is 6.92 Å². The van der Waals surface area contributed by atoms with E-state index in [9.17, 15) is 4.79 Å². The second-order valence-corrected chi connectivity index (χ2v) is 4.82. The normalized spacial score (nSPS) is 35.2. The molecule has 0 unspecified atom stereocenters. The molecule has 1 saturated heterocycles. The number of hydrogen-bond acceptors (Lipinski definition) is 2. The van der Waals surface area contributed by atoms with E-state index in [1.807, 2.05) is 0 Å². The summed E-state index contributed by atoms with van der Waals surface area (Å²) in [6.45, 7) is 8.45. The predicted octanol–water partition coefficient (Wildman–Crippen LogP) is 1.89. The van der Waals surface area contributed by atoms with E-state index < -0.39 is 0 Å². The maximum Gasteiger partial charge on any atom is 0.136 e. The van der Waals surface area contributed by atoms with E-state index in [2.05, 4.69) is 33.0 Å². The minimum absolute atomic E-state index is 0.0138. The number of carbonyl (C=O) groups is 1. The number of nitrogens with one attached hydrogen (secondary N) is 1. The molecule has 1 atom stereocenters. The van der Waals surface area contributed by atoms with Crippen LogP contribution in [-0.4, -0.2) is 16.9 Å². The van der Waals surface area contributed by atoms with Crippen molar-refractivity contribution in [3.8, 4) is 0 Å². The Balaban J connectivity index is 2.76. The van der Waals surface area contributed by atoms with Crippen molar-refractivity contribution in [2.75, 3.05) is 0 Å². The van der Waals surface area contributed by atoms with Crippen molar-refractivity contribution in [3.63, 3.8) is 0 Å². The Bertz CT molecular complexity index is 198. The summed E-state index contributed by atoms with van der Waals surface area (Å²) in [5.41, 5.74) is 0.0128. The summed E-state index contributed by atoms with van der Waals surface area (Å²) < 4.78 is 0. The fraction of sp³-hybridized carbons (Fsp3) is 0.900. The molecule has 12 heavy (non-hydrogen) atoms. The van der Waals surface area contributed by atoms with Crippen molar-refractivity contribution in [2.24, 2.45) is 0 Å². The van der Waals surface area contributed by atoms with Gasteiger partial charge in [-0.2, -0.15) is 0 Å². The summed E-state index contributed by atoms with van der Waals surface area (Å²) >= 11 is 0. The Morgan fingerprint density at radius 1 is 1.33 bits per heavy atom. The van der Waals surface area contributed by atoms with Crippen LogP contribution in [0.1, 0.15) is 47.0 Å².